The second-order valence-corrected chi connectivity index (χ2v) is 7.15. The monoisotopic (exact) mass is 368 g/mol. The summed E-state index contributed by atoms with van der Waals surface area (Å²) in [5.74, 6) is -0.176. The van der Waals surface area contributed by atoms with Crippen LogP contribution in [0.4, 0.5) is 11.4 Å². The van der Waals surface area contributed by atoms with Gasteiger partial charge in [0.1, 0.15) is 0 Å². The highest BCUT2D eigenvalue weighted by atomic mass is 35.5. The van der Waals surface area contributed by atoms with Crippen LogP contribution in [0.1, 0.15) is 26.7 Å². The van der Waals surface area contributed by atoms with E-state index in [1.165, 1.54) is 18.2 Å². The summed E-state index contributed by atoms with van der Waals surface area (Å²) in [5.41, 5.74) is 0.289. The van der Waals surface area contributed by atoms with E-state index in [9.17, 15) is 14.9 Å². The lowest BCUT2D eigenvalue weighted by molar-refractivity contribution is -0.384. The number of non-ortho nitro benzene ring substituents is 1. The molecular weight excluding hydrogens is 344 g/mol. The van der Waals surface area contributed by atoms with Crippen molar-refractivity contribution in [1.82, 2.24) is 9.80 Å². The minimum atomic E-state index is -0.519. The first kappa shape index (κ1) is 19.6. The van der Waals surface area contributed by atoms with E-state index in [0.717, 1.165) is 25.9 Å². The molecule has 1 aliphatic heterocycles. The molecule has 0 bridgehead atoms. The van der Waals surface area contributed by atoms with Crippen molar-refractivity contribution < 1.29 is 9.72 Å². The third kappa shape index (κ3) is 5.39. The Kier molecular flexibility index (Phi) is 6.75. The number of hydrogen-bond donors (Lipinski definition) is 1. The molecule has 0 radical (unpaired) electrons. The highest BCUT2D eigenvalue weighted by Crippen LogP contribution is 2.26. The first-order chi connectivity index (χ1) is 11.8. The number of halogens is 1. The van der Waals surface area contributed by atoms with E-state index in [4.69, 9.17) is 11.6 Å². The van der Waals surface area contributed by atoms with Gasteiger partial charge in [0.2, 0.25) is 5.91 Å². The number of hydrogen-bond acceptors (Lipinski definition) is 5. The van der Waals surface area contributed by atoms with Gasteiger partial charge in [0.25, 0.3) is 5.69 Å². The topological polar surface area (TPSA) is 78.7 Å². The zero-order chi connectivity index (χ0) is 18.6. The molecule has 1 aromatic carbocycles. The molecule has 1 aromatic rings. The first-order valence-electron chi connectivity index (χ1n) is 8.46. The smallest absolute Gasteiger partial charge is 0.271 e. The van der Waals surface area contributed by atoms with E-state index < -0.39 is 4.92 Å². The van der Waals surface area contributed by atoms with Crippen molar-refractivity contribution in [2.24, 2.45) is 0 Å². The summed E-state index contributed by atoms with van der Waals surface area (Å²) >= 11 is 6.01. The summed E-state index contributed by atoms with van der Waals surface area (Å²) in [6, 6.07) is 4.96. The summed E-state index contributed by atoms with van der Waals surface area (Å²) in [5, 5.41) is 13.6. The fraction of sp³-hybridized carbons (Fsp3) is 0.588. The normalized spacial score (nSPS) is 16.4. The zero-order valence-corrected chi connectivity index (χ0v) is 15.6. The number of nitrogens with zero attached hydrogens (tertiary/aromatic N) is 3. The number of anilines is 1. The van der Waals surface area contributed by atoms with Crippen molar-refractivity contribution in [3.05, 3.63) is 33.3 Å². The van der Waals surface area contributed by atoms with E-state index in [-0.39, 0.29) is 23.2 Å². The maximum atomic E-state index is 12.3. The van der Waals surface area contributed by atoms with Crippen LogP contribution in [0.2, 0.25) is 5.02 Å². The first-order valence-corrected chi connectivity index (χ1v) is 8.83. The number of carbonyl (C=O) groups is 1. The average Bonchev–Trinajstić information content (AvgIpc) is 2.56. The Labute approximate surface area is 153 Å². The lowest BCUT2D eigenvalue weighted by Gasteiger charge is -2.38. The molecule has 25 heavy (non-hydrogen) atoms. The number of carbonyl (C=O) groups excluding carboxylic acids is 1. The van der Waals surface area contributed by atoms with Crippen LogP contribution in [-0.4, -0.2) is 59.4 Å². The van der Waals surface area contributed by atoms with Crippen molar-refractivity contribution in [3.8, 4) is 0 Å². The number of nitrogens with one attached hydrogen (secondary N) is 1. The number of benzene rings is 1. The van der Waals surface area contributed by atoms with Crippen molar-refractivity contribution in [1.29, 1.82) is 0 Å². The fourth-order valence-electron chi connectivity index (χ4n) is 3.11. The Morgan fingerprint density at radius 2 is 2.08 bits per heavy atom. The molecule has 0 aliphatic carbocycles. The second-order valence-electron chi connectivity index (χ2n) is 6.75. The van der Waals surface area contributed by atoms with Crippen LogP contribution in [0.15, 0.2) is 18.2 Å². The van der Waals surface area contributed by atoms with Gasteiger partial charge in [-0.15, -0.1) is 0 Å². The summed E-state index contributed by atoms with van der Waals surface area (Å²) in [6.07, 6.45) is 2.08. The van der Waals surface area contributed by atoms with Crippen molar-refractivity contribution >= 4 is 28.9 Å². The number of nitro groups is 1. The SMILES string of the molecule is CC(C)N1CCC(N(C)CC(=O)Nc2ccc([N+](=O)[O-])cc2Cl)CC1. The number of amides is 1. The van der Waals surface area contributed by atoms with Crippen molar-refractivity contribution in [2.45, 2.75) is 38.8 Å². The molecule has 1 aliphatic rings. The summed E-state index contributed by atoms with van der Waals surface area (Å²) in [6.45, 7) is 6.75. The fourth-order valence-corrected chi connectivity index (χ4v) is 3.33. The number of nitro benzene ring substituents is 1. The predicted octanol–water partition coefficient (Wildman–Crippen LogP) is 2.99. The van der Waals surface area contributed by atoms with Gasteiger partial charge in [-0.05, 0) is 52.9 Å². The van der Waals surface area contributed by atoms with Crippen LogP contribution in [0, 0.1) is 10.1 Å². The van der Waals surface area contributed by atoms with E-state index in [1.54, 1.807) is 0 Å². The van der Waals surface area contributed by atoms with E-state index in [1.807, 2.05) is 7.05 Å². The molecule has 0 aromatic heterocycles. The standard InChI is InChI=1S/C17H25ClN4O3/c1-12(2)21-8-6-13(7-9-21)20(3)11-17(23)19-16-5-4-14(22(24)25)10-15(16)18/h4-5,10,12-13H,6-9,11H2,1-3H3,(H,19,23). The van der Waals surface area contributed by atoms with Gasteiger partial charge in [0.15, 0.2) is 0 Å². The summed E-state index contributed by atoms with van der Waals surface area (Å²) in [4.78, 5) is 27.0. The molecule has 8 heteroatoms. The molecule has 0 spiro atoms. The minimum absolute atomic E-state index is 0.1000. The highest BCUT2D eigenvalue weighted by molar-refractivity contribution is 6.34. The molecule has 0 unspecified atom stereocenters. The average molecular weight is 369 g/mol. The van der Waals surface area contributed by atoms with Gasteiger partial charge in [-0.25, -0.2) is 0 Å². The lowest BCUT2D eigenvalue weighted by atomic mass is 10.0. The lowest BCUT2D eigenvalue weighted by Crippen LogP contribution is -2.47. The van der Waals surface area contributed by atoms with Gasteiger partial charge in [0.05, 0.1) is 22.2 Å². The largest absolute Gasteiger partial charge is 0.324 e. The van der Waals surface area contributed by atoms with Crippen LogP contribution in [0.25, 0.3) is 0 Å². The third-order valence-corrected chi connectivity index (χ3v) is 5.00. The summed E-state index contributed by atoms with van der Waals surface area (Å²) < 4.78 is 0. The summed E-state index contributed by atoms with van der Waals surface area (Å²) in [7, 11) is 1.95. The van der Waals surface area contributed by atoms with Crippen molar-refractivity contribution in [2.75, 3.05) is 32.0 Å². The highest BCUT2D eigenvalue weighted by Gasteiger charge is 2.24. The molecule has 0 saturated carbocycles. The quantitative estimate of drug-likeness (QED) is 0.616. The minimum Gasteiger partial charge on any atom is -0.324 e. The Morgan fingerprint density at radius 1 is 1.44 bits per heavy atom. The molecule has 138 valence electrons. The maximum absolute atomic E-state index is 12.3. The van der Waals surface area contributed by atoms with E-state index in [0.29, 0.717) is 17.8 Å². The molecular formula is C17H25ClN4O3. The predicted molar refractivity (Wildman–Crippen MR) is 99.1 cm³/mol. The molecule has 1 amide bonds. The molecule has 1 N–H and O–H groups in total. The van der Waals surface area contributed by atoms with E-state index in [2.05, 4.69) is 29.0 Å². The molecule has 0 atom stereocenters. The van der Waals surface area contributed by atoms with Crippen LogP contribution in [0.5, 0.6) is 0 Å². The maximum Gasteiger partial charge on any atom is 0.271 e. The third-order valence-electron chi connectivity index (χ3n) is 4.68. The van der Waals surface area contributed by atoms with Crippen LogP contribution in [0.3, 0.4) is 0 Å². The molecule has 1 fully saturated rings. The molecule has 1 heterocycles. The second kappa shape index (κ2) is 8.60. The van der Waals surface area contributed by atoms with Gasteiger partial charge in [0, 0.05) is 24.2 Å². The Hall–Kier alpha value is -1.70. The van der Waals surface area contributed by atoms with Gasteiger partial charge in [-0.3, -0.25) is 19.8 Å². The van der Waals surface area contributed by atoms with Crippen LogP contribution < -0.4 is 5.32 Å². The Bertz CT molecular complexity index is 630. The molecule has 7 nitrogen and oxygen atoms in total. The molecule has 1 saturated heterocycles. The van der Waals surface area contributed by atoms with Gasteiger partial charge >= 0.3 is 0 Å². The number of likely N-dealkylation sites (N-methyl/N-ethyl adjacent to an activating group) is 1. The zero-order valence-electron chi connectivity index (χ0n) is 14.9. The van der Waals surface area contributed by atoms with Crippen LogP contribution >= 0.6 is 11.6 Å². The van der Waals surface area contributed by atoms with Crippen LogP contribution in [-0.2, 0) is 4.79 Å². The Balaban J connectivity index is 1.87. The number of piperidine rings is 1. The number of rotatable bonds is 6. The van der Waals surface area contributed by atoms with Crippen molar-refractivity contribution in [3.63, 3.8) is 0 Å². The molecule has 2 rings (SSSR count). The van der Waals surface area contributed by atoms with Gasteiger partial charge < -0.3 is 10.2 Å². The van der Waals surface area contributed by atoms with Gasteiger partial charge in [-0.2, -0.15) is 0 Å². The van der Waals surface area contributed by atoms with Gasteiger partial charge in [-0.1, -0.05) is 11.6 Å². The number of likely N-dealkylation sites (tertiary alicyclic amines) is 1. The van der Waals surface area contributed by atoms with E-state index >= 15 is 0 Å². The Morgan fingerprint density at radius 3 is 2.60 bits per heavy atom.